The van der Waals surface area contributed by atoms with Gasteiger partial charge in [0.25, 0.3) is 0 Å². The normalized spacial score (nSPS) is 12.2. The van der Waals surface area contributed by atoms with E-state index < -0.39 is 0 Å². The zero-order valence-corrected chi connectivity index (χ0v) is 16.8. The number of amides is 1. The summed E-state index contributed by atoms with van der Waals surface area (Å²) in [5.74, 6) is 1.07. The summed E-state index contributed by atoms with van der Waals surface area (Å²) < 4.78 is 0.791. The number of anilines is 2. The van der Waals surface area contributed by atoms with E-state index in [-0.39, 0.29) is 11.9 Å². The summed E-state index contributed by atoms with van der Waals surface area (Å²) in [5.41, 5.74) is 2.20. The van der Waals surface area contributed by atoms with Gasteiger partial charge in [-0.2, -0.15) is 0 Å². The summed E-state index contributed by atoms with van der Waals surface area (Å²) in [6, 6.07) is 8.32. The number of rotatable bonds is 9. The van der Waals surface area contributed by atoms with Crippen molar-refractivity contribution in [1.82, 2.24) is 15.5 Å². The summed E-state index contributed by atoms with van der Waals surface area (Å²) in [6.45, 7) is 8.50. The van der Waals surface area contributed by atoms with Crippen LogP contribution in [0.25, 0.3) is 0 Å². The Hall–Kier alpha value is -1.60. The van der Waals surface area contributed by atoms with E-state index in [4.69, 9.17) is 0 Å². The van der Waals surface area contributed by atoms with Crippen molar-refractivity contribution in [3.05, 3.63) is 29.8 Å². The van der Waals surface area contributed by atoms with Crippen LogP contribution < -0.4 is 10.6 Å². The molecule has 2 aromatic rings. The van der Waals surface area contributed by atoms with Gasteiger partial charge < -0.3 is 10.6 Å². The molecule has 0 radical (unpaired) electrons. The lowest BCUT2D eigenvalue weighted by Gasteiger charge is -2.14. The predicted molar refractivity (Wildman–Crippen MR) is 107 cm³/mol. The molecule has 1 atom stereocenters. The summed E-state index contributed by atoms with van der Waals surface area (Å²) >= 11 is 2.88. The van der Waals surface area contributed by atoms with E-state index in [9.17, 15) is 4.79 Å². The van der Waals surface area contributed by atoms with Crippen molar-refractivity contribution >= 4 is 39.8 Å². The number of hydrogen-bond donors (Lipinski definition) is 2. The molecule has 0 bridgehead atoms. The van der Waals surface area contributed by atoms with Gasteiger partial charge in [-0.1, -0.05) is 54.6 Å². The minimum atomic E-state index is 0.0458. The largest absolute Gasteiger partial charge is 0.353 e. The fraction of sp³-hybridized carbons (Fsp3) is 0.500. The molecule has 136 valence electrons. The third kappa shape index (κ3) is 7.44. The van der Waals surface area contributed by atoms with Crippen molar-refractivity contribution in [3.63, 3.8) is 0 Å². The number of carbonyl (C=O) groups is 1. The maximum Gasteiger partial charge on any atom is 0.230 e. The van der Waals surface area contributed by atoms with Gasteiger partial charge in [0.15, 0.2) is 4.34 Å². The molecule has 1 amide bonds. The molecule has 5 nitrogen and oxygen atoms in total. The van der Waals surface area contributed by atoms with Gasteiger partial charge in [-0.05, 0) is 44.7 Å². The van der Waals surface area contributed by atoms with Crippen molar-refractivity contribution in [2.24, 2.45) is 5.92 Å². The lowest BCUT2D eigenvalue weighted by atomic mass is 10.0. The monoisotopic (exact) mass is 378 g/mol. The number of aryl methyl sites for hydroxylation is 1. The van der Waals surface area contributed by atoms with Crippen LogP contribution in [0.2, 0.25) is 0 Å². The quantitative estimate of drug-likeness (QED) is 0.623. The molecule has 1 aromatic carbocycles. The number of thioether (sulfide) groups is 1. The first-order valence-corrected chi connectivity index (χ1v) is 10.3. The van der Waals surface area contributed by atoms with E-state index in [0.717, 1.165) is 28.0 Å². The first-order chi connectivity index (χ1) is 11.9. The molecular formula is C18H26N4OS2. The first-order valence-electron chi connectivity index (χ1n) is 8.51. The van der Waals surface area contributed by atoms with Gasteiger partial charge in [-0.3, -0.25) is 4.79 Å². The summed E-state index contributed by atoms with van der Waals surface area (Å²) in [7, 11) is 0. The molecule has 2 N–H and O–H groups in total. The molecule has 0 aliphatic rings. The SMILES string of the molecule is Cc1ccc(Nc2nnc(SCC(=O)N[C@H](C)CCC(C)C)s2)cc1. The van der Waals surface area contributed by atoms with Crippen molar-refractivity contribution in [2.45, 2.75) is 50.9 Å². The van der Waals surface area contributed by atoms with Crippen LogP contribution in [0, 0.1) is 12.8 Å². The van der Waals surface area contributed by atoms with E-state index in [1.807, 2.05) is 24.3 Å². The Labute approximate surface area is 158 Å². The van der Waals surface area contributed by atoms with E-state index in [1.54, 1.807) is 0 Å². The highest BCUT2D eigenvalue weighted by molar-refractivity contribution is 8.01. The Bertz CT molecular complexity index is 670. The van der Waals surface area contributed by atoms with Crippen LogP contribution in [0.1, 0.15) is 39.2 Å². The maximum atomic E-state index is 12.0. The second-order valence-electron chi connectivity index (χ2n) is 6.59. The third-order valence-corrected chi connectivity index (χ3v) is 5.59. The van der Waals surface area contributed by atoms with Crippen molar-refractivity contribution in [1.29, 1.82) is 0 Å². The van der Waals surface area contributed by atoms with Crippen LogP contribution in [0.15, 0.2) is 28.6 Å². The molecule has 0 saturated heterocycles. The van der Waals surface area contributed by atoms with Crippen LogP contribution in [0.5, 0.6) is 0 Å². The van der Waals surface area contributed by atoms with Gasteiger partial charge in [0.2, 0.25) is 11.0 Å². The Morgan fingerprint density at radius 2 is 1.88 bits per heavy atom. The molecule has 1 aromatic heterocycles. The van der Waals surface area contributed by atoms with Crippen LogP contribution in [-0.2, 0) is 4.79 Å². The van der Waals surface area contributed by atoms with Crippen molar-refractivity contribution < 1.29 is 4.79 Å². The van der Waals surface area contributed by atoms with Gasteiger partial charge >= 0.3 is 0 Å². The van der Waals surface area contributed by atoms with E-state index >= 15 is 0 Å². The average Bonchev–Trinajstić information content (AvgIpc) is 3.01. The number of hydrogen-bond acceptors (Lipinski definition) is 6. The Morgan fingerprint density at radius 1 is 1.16 bits per heavy atom. The van der Waals surface area contributed by atoms with Gasteiger partial charge in [0.05, 0.1) is 5.75 Å². The van der Waals surface area contributed by atoms with Crippen LogP contribution >= 0.6 is 23.1 Å². The average molecular weight is 379 g/mol. The van der Waals surface area contributed by atoms with E-state index in [2.05, 4.69) is 48.5 Å². The summed E-state index contributed by atoms with van der Waals surface area (Å²) in [5, 5.41) is 15.3. The molecular weight excluding hydrogens is 352 g/mol. The standard InChI is InChI=1S/C18H26N4OS2/c1-12(2)5-8-14(4)19-16(23)11-24-18-22-21-17(25-18)20-15-9-6-13(3)7-10-15/h6-7,9-10,12,14H,5,8,11H2,1-4H3,(H,19,23)(H,20,21)/t14-/m1/s1. The predicted octanol–water partition coefficient (Wildman–Crippen LogP) is 4.62. The fourth-order valence-electron chi connectivity index (χ4n) is 2.18. The lowest BCUT2D eigenvalue weighted by molar-refractivity contribution is -0.119. The van der Waals surface area contributed by atoms with E-state index in [0.29, 0.717) is 11.7 Å². The molecule has 2 rings (SSSR count). The zero-order valence-electron chi connectivity index (χ0n) is 15.2. The molecule has 0 aliphatic heterocycles. The smallest absolute Gasteiger partial charge is 0.230 e. The second kappa shape index (κ2) is 9.77. The highest BCUT2D eigenvalue weighted by Crippen LogP contribution is 2.27. The Balaban J connectivity index is 1.75. The number of aromatic nitrogens is 2. The van der Waals surface area contributed by atoms with Gasteiger partial charge in [-0.15, -0.1) is 10.2 Å². The van der Waals surface area contributed by atoms with Crippen LogP contribution in [0.4, 0.5) is 10.8 Å². The summed E-state index contributed by atoms with van der Waals surface area (Å²) in [6.07, 6.45) is 2.14. The minimum Gasteiger partial charge on any atom is -0.353 e. The van der Waals surface area contributed by atoms with Crippen LogP contribution in [-0.4, -0.2) is 27.9 Å². The van der Waals surface area contributed by atoms with Gasteiger partial charge in [0, 0.05) is 11.7 Å². The van der Waals surface area contributed by atoms with Crippen molar-refractivity contribution in [2.75, 3.05) is 11.1 Å². The molecule has 0 saturated carbocycles. The maximum absolute atomic E-state index is 12.0. The number of carbonyl (C=O) groups excluding carboxylic acids is 1. The van der Waals surface area contributed by atoms with Gasteiger partial charge in [0.1, 0.15) is 0 Å². The minimum absolute atomic E-state index is 0.0458. The molecule has 0 unspecified atom stereocenters. The van der Waals surface area contributed by atoms with Gasteiger partial charge in [-0.25, -0.2) is 0 Å². The molecule has 7 heteroatoms. The molecule has 1 heterocycles. The number of nitrogens with one attached hydrogen (secondary N) is 2. The lowest BCUT2D eigenvalue weighted by Crippen LogP contribution is -2.33. The zero-order chi connectivity index (χ0) is 18.2. The number of nitrogens with zero attached hydrogens (tertiary/aromatic N) is 2. The first kappa shape index (κ1) is 19.7. The molecule has 0 fully saturated rings. The third-order valence-electron chi connectivity index (χ3n) is 3.62. The fourth-order valence-corrected chi connectivity index (χ4v) is 3.76. The Kier molecular flexibility index (Phi) is 7.71. The van der Waals surface area contributed by atoms with Crippen molar-refractivity contribution in [3.8, 4) is 0 Å². The molecule has 0 aliphatic carbocycles. The molecule has 0 spiro atoms. The van der Waals surface area contributed by atoms with E-state index in [1.165, 1.54) is 28.7 Å². The number of benzene rings is 1. The molecule has 25 heavy (non-hydrogen) atoms. The highest BCUT2D eigenvalue weighted by atomic mass is 32.2. The topological polar surface area (TPSA) is 66.9 Å². The highest BCUT2D eigenvalue weighted by Gasteiger charge is 2.11. The summed E-state index contributed by atoms with van der Waals surface area (Å²) in [4.78, 5) is 12.0. The Morgan fingerprint density at radius 3 is 2.56 bits per heavy atom. The van der Waals surface area contributed by atoms with Crippen LogP contribution in [0.3, 0.4) is 0 Å². The second-order valence-corrected chi connectivity index (χ2v) is 8.79.